The van der Waals surface area contributed by atoms with Crippen LogP contribution < -0.4 is 10.9 Å². The number of fused-ring (bicyclic) bond motifs is 1. The van der Waals surface area contributed by atoms with Crippen LogP contribution in [-0.4, -0.2) is 50.9 Å². The molecule has 3 aromatic heterocycles. The fraction of sp³-hybridized carbons (Fsp3) is 0.250. The second kappa shape index (κ2) is 9.22. The van der Waals surface area contributed by atoms with Gasteiger partial charge in [-0.1, -0.05) is 24.3 Å². The zero-order valence-electron chi connectivity index (χ0n) is 17.7. The van der Waals surface area contributed by atoms with E-state index in [4.69, 9.17) is 4.74 Å². The standard InChI is InChI=1S/C24H22N4O4S/c29-21-12-32-9-7-19(21)27-23(30)18-11-28(24(31)17-2-1-8-25-22(17)18)10-15-3-5-16(6-4-15)20-13-33-14-26-20/h1-6,8,11,13-14,19,21,29H,7,9-10,12H2,(H,27,30)/t19-,21-/m0/s1. The Labute approximate surface area is 193 Å². The largest absolute Gasteiger partial charge is 0.389 e. The van der Waals surface area contributed by atoms with E-state index in [9.17, 15) is 14.7 Å². The van der Waals surface area contributed by atoms with Crippen LogP contribution in [0.4, 0.5) is 0 Å². The van der Waals surface area contributed by atoms with Crippen molar-refractivity contribution in [3.05, 3.63) is 81.2 Å². The first-order valence-corrected chi connectivity index (χ1v) is 11.6. The maximum Gasteiger partial charge on any atom is 0.260 e. The highest BCUT2D eigenvalue weighted by Gasteiger charge is 2.27. The molecule has 168 valence electrons. The molecule has 0 unspecified atom stereocenters. The van der Waals surface area contributed by atoms with Crippen molar-refractivity contribution in [3.8, 4) is 11.3 Å². The number of amides is 1. The summed E-state index contributed by atoms with van der Waals surface area (Å²) < 4.78 is 6.77. The molecule has 1 aliphatic rings. The molecule has 1 aromatic carbocycles. The topological polar surface area (TPSA) is 106 Å². The molecule has 0 bridgehead atoms. The summed E-state index contributed by atoms with van der Waals surface area (Å²) in [6.07, 6.45) is 2.85. The molecule has 2 N–H and O–H groups in total. The number of aliphatic hydroxyl groups excluding tert-OH is 1. The van der Waals surface area contributed by atoms with Crippen LogP contribution in [0.5, 0.6) is 0 Å². The van der Waals surface area contributed by atoms with E-state index < -0.39 is 12.1 Å². The van der Waals surface area contributed by atoms with Crippen molar-refractivity contribution in [2.45, 2.75) is 25.1 Å². The summed E-state index contributed by atoms with van der Waals surface area (Å²) in [5, 5.41) is 15.4. The Kier molecular flexibility index (Phi) is 5.99. The highest BCUT2D eigenvalue weighted by atomic mass is 32.1. The zero-order valence-corrected chi connectivity index (χ0v) is 18.5. The van der Waals surface area contributed by atoms with Crippen molar-refractivity contribution in [1.29, 1.82) is 0 Å². The van der Waals surface area contributed by atoms with Gasteiger partial charge < -0.3 is 19.7 Å². The van der Waals surface area contributed by atoms with Crippen LogP contribution in [0.1, 0.15) is 22.3 Å². The lowest BCUT2D eigenvalue weighted by Gasteiger charge is -2.28. The predicted molar refractivity (Wildman–Crippen MR) is 125 cm³/mol. The van der Waals surface area contributed by atoms with Gasteiger partial charge in [-0.2, -0.15) is 0 Å². The lowest BCUT2D eigenvalue weighted by atomic mass is 10.1. The minimum Gasteiger partial charge on any atom is -0.389 e. The second-order valence-electron chi connectivity index (χ2n) is 7.96. The number of hydrogen-bond donors (Lipinski definition) is 2. The van der Waals surface area contributed by atoms with Gasteiger partial charge in [-0.15, -0.1) is 11.3 Å². The summed E-state index contributed by atoms with van der Waals surface area (Å²) in [6, 6.07) is 10.8. The average Bonchev–Trinajstić information content (AvgIpc) is 3.38. The molecular formula is C24H22N4O4S. The maximum atomic E-state index is 13.1. The molecule has 0 aliphatic carbocycles. The number of ether oxygens (including phenoxy) is 1. The Bertz CT molecular complexity index is 1340. The van der Waals surface area contributed by atoms with Gasteiger partial charge in [0.15, 0.2) is 0 Å². The van der Waals surface area contributed by atoms with E-state index >= 15 is 0 Å². The first-order valence-electron chi connectivity index (χ1n) is 10.6. The number of nitrogens with one attached hydrogen (secondary N) is 1. The Morgan fingerprint density at radius 2 is 2.09 bits per heavy atom. The SMILES string of the molecule is O=C(N[C@H]1CCOC[C@@H]1O)c1cn(Cc2ccc(-c3cscn3)cc2)c(=O)c2cccnc12. The molecule has 4 heterocycles. The molecule has 1 saturated heterocycles. The monoisotopic (exact) mass is 462 g/mol. The molecule has 1 fully saturated rings. The van der Waals surface area contributed by atoms with Crippen LogP contribution in [0, 0.1) is 0 Å². The summed E-state index contributed by atoms with van der Waals surface area (Å²) in [4.78, 5) is 34.9. The van der Waals surface area contributed by atoms with Crippen LogP contribution in [0.3, 0.4) is 0 Å². The predicted octanol–water partition coefficient (Wildman–Crippen LogP) is 2.45. The number of pyridine rings is 2. The molecule has 9 heteroatoms. The number of aromatic nitrogens is 3. The van der Waals surface area contributed by atoms with Crippen LogP contribution in [0.25, 0.3) is 22.2 Å². The van der Waals surface area contributed by atoms with Gasteiger partial charge in [0.2, 0.25) is 0 Å². The highest BCUT2D eigenvalue weighted by molar-refractivity contribution is 7.07. The third kappa shape index (κ3) is 4.43. The summed E-state index contributed by atoms with van der Waals surface area (Å²) in [5.41, 5.74) is 5.05. The minimum atomic E-state index is -0.774. The number of thiazole rings is 1. The number of aliphatic hydroxyl groups is 1. The molecule has 2 atom stereocenters. The van der Waals surface area contributed by atoms with Crippen LogP contribution in [0.2, 0.25) is 0 Å². The minimum absolute atomic E-state index is 0.181. The van der Waals surface area contributed by atoms with E-state index in [1.165, 1.54) is 15.9 Å². The van der Waals surface area contributed by atoms with Crippen LogP contribution in [0.15, 0.2) is 64.5 Å². The van der Waals surface area contributed by atoms with Crippen LogP contribution >= 0.6 is 11.3 Å². The van der Waals surface area contributed by atoms with Crippen molar-refractivity contribution >= 4 is 28.1 Å². The Hall–Kier alpha value is -3.40. The van der Waals surface area contributed by atoms with Crippen LogP contribution in [-0.2, 0) is 11.3 Å². The number of carbonyl (C=O) groups excluding carboxylic acids is 1. The van der Waals surface area contributed by atoms with E-state index in [1.54, 1.807) is 30.0 Å². The summed E-state index contributed by atoms with van der Waals surface area (Å²) >= 11 is 1.54. The maximum absolute atomic E-state index is 13.1. The van der Waals surface area contributed by atoms with Gasteiger partial charge in [0, 0.05) is 29.9 Å². The lowest BCUT2D eigenvalue weighted by molar-refractivity contribution is -0.0260. The quantitative estimate of drug-likeness (QED) is 0.472. The number of rotatable bonds is 5. The van der Waals surface area contributed by atoms with Crippen molar-refractivity contribution in [2.75, 3.05) is 13.2 Å². The first-order chi connectivity index (χ1) is 16.1. The summed E-state index contributed by atoms with van der Waals surface area (Å²) in [7, 11) is 0. The van der Waals surface area contributed by atoms with E-state index in [2.05, 4.69) is 15.3 Å². The van der Waals surface area contributed by atoms with E-state index in [0.717, 1.165) is 16.8 Å². The average molecular weight is 463 g/mol. The molecule has 0 saturated carbocycles. The molecule has 8 nitrogen and oxygen atoms in total. The fourth-order valence-corrected chi connectivity index (χ4v) is 4.54. The Balaban J connectivity index is 1.47. The van der Waals surface area contributed by atoms with Crippen molar-refractivity contribution in [2.24, 2.45) is 0 Å². The molecule has 1 aliphatic heterocycles. The fourth-order valence-electron chi connectivity index (χ4n) is 3.98. The second-order valence-corrected chi connectivity index (χ2v) is 8.68. The molecule has 5 rings (SSSR count). The molecule has 0 spiro atoms. The smallest absolute Gasteiger partial charge is 0.260 e. The zero-order chi connectivity index (χ0) is 22.8. The first kappa shape index (κ1) is 21.4. The molecule has 4 aromatic rings. The molecule has 33 heavy (non-hydrogen) atoms. The van der Waals surface area contributed by atoms with Crippen molar-refractivity contribution < 1.29 is 14.6 Å². The number of nitrogens with zero attached hydrogens (tertiary/aromatic N) is 3. The molecule has 1 amide bonds. The molecule has 0 radical (unpaired) electrons. The van der Waals surface area contributed by atoms with Gasteiger partial charge in [0.1, 0.15) is 0 Å². The van der Waals surface area contributed by atoms with E-state index in [1.807, 2.05) is 29.6 Å². The highest BCUT2D eigenvalue weighted by Crippen LogP contribution is 2.20. The van der Waals surface area contributed by atoms with Gasteiger partial charge in [0.25, 0.3) is 11.5 Å². The van der Waals surface area contributed by atoms with Crippen molar-refractivity contribution in [3.63, 3.8) is 0 Å². The van der Waals surface area contributed by atoms with Gasteiger partial charge in [-0.3, -0.25) is 14.6 Å². The third-order valence-corrected chi connectivity index (χ3v) is 6.35. The number of carbonyl (C=O) groups is 1. The van der Waals surface area contributed by atoms with Gasteiger partial charge in [0.05, 0.1) is 53.0 Å². The Morgan fingerprint density at radius 1 is 1.24 bits per heavy atom. The number of benzene rings is 1. The third-order valence-electron chi connectivity index (χ3n) is 5.76. The van der Waals surface area contributed by atoms with Gasteiger partial charge in [-0.05, 0) is 24.1 Å². The normalized spacial score (nSPS) is 18.3. The molecular weight excluding hydrogens is 440 g/mol. The summed E-state index contributed by atoms with van der Waals surface area (Å²) in [5.74, 6) is -0.378. The Morgan fingerprint density at radius 3 is 2.85 bits per heavy atom. The van der Waals surface area contributed by atoms with Gasteiger partial charge >= 0.3 is 0 Å². The van der Waals surface area contributed by atoms with Gasteiger partial charge in [-0.25, -0.2) is 4.98 Å². The summed E-state index contributed by atoms with van der Waals surface area (Å²) in [6.45, 7) is 0.957. The number of hydrogen-bond acceptors (Lipinski definition) is 7. The van der Waals surface area contributed by atoms with Crippen molar-refractivity contribution in [1.82, 2.24) is 19.9 Å². The van der Waals surface area contributed by atoms with E-state index in [0.29, 0.717) is 36.0 Å². The lowest BCUT2D eigenvalue weighted by Crippen LogP contribution is -2.48. The van der Waals surface area contributed by atoms with E-state index in [-0.39, 0.29) is 18.1 Å².